The summed E-state index contributed by atoms with van der Waals surface area (Å²) in [7, 11) is 0. The number of nitrogens with one attached hydrogen (secondary N) is 2. The Labute approximate surface area is 234 Å². The lowest BCUT2D eigenvalue weighted by atomic mass is 9.79. The van der Waals surface area contributed by atoms with Gasteiger partial charge in [0.15, 0.2) is 0 Å². The van der Waals surface area contributed by atoms with Gasteiger partial charge in [-0.1, -0.05) is 37.3 Å². The number of carbonyl (C=O) groups is 2. The Bertz CT molecular complexity index is 1220. The molecule has 0 radical (unpaired) electrons. The minimum Gasteiger partial charge on any atom is -0.391 e. The van der Waals surface area contributed by atoms with Gasteiger partial charge in [0.05, 0.1) is 6.10 Å². The maximum Gasteiger partial charge on any atom is 0.220 e. The molecule has 3 atom stereocenters. The average Bonchev–Trinajstić information content (AvgIpc) is 2.92. The molecule has 0 bridgehead atoms. The standard InChI is InChI=1S/C31H38F2N4O3/c1-2-21-6-5-7-22(14-21)19-35-20-29(38)28(17-23-15-24(32)18-25(33)16-23)27(31(34)40)9-10-30(39)37-13-11-26-8-3-4-12-36-26/h3-8,12,14-16,18,27-29,35,38H,2,9-11,13,17,19-20H2,1H3,(H2,34,40)(H,37,39)/t27?,28-,29-/m0/s1. The van der Waals surface area contributed by atoms with Crippen molar-refractivity contribution in [2.45, 2.75) is 51.7 Å². The molecule has 5 N–H and O–H groups in total. The van der Waals surface area contributed by atoms with E-state index in [2.05, 4.69) is 28.6 Å². The van der Waals surface area contributed by atoms with E-state index in [1.54, 1.807) is 6.20 Å². The van der Waals surface area contributed by atoms with E-state index < -0.39 is 35.5 Å². The van der Waals surface area contributed by atoms with Gasteiger partial charge in [0.25, 0.3) is 0 Å². The summed E-state index contributed by atoms with van der Waals surface area (Å²) in [6, 6.07) is 16.7. The maximum atomic E-state index is 13.9. The SMILES string of the molecule is CCc1cccc(CNC[C@H](O)[C@@H](Cc2cc(F)cc(F)c2)C(CCC(=O)NCCc2ccccn2)C(N)=O)c1. The fourth-order valence-corrected chi connectivity index (χ4v) is 4.84. The van der Waals surface area contributed by atoms with Crippen LogP contribution in [-0.2, 0) is 35.4 Å². The highest BCUT2D eigenvalue weighted by atomic mass is 19.1. The second-order valence-corrected chi connectivity index (χ2v) is 9.99. The quantitative estimate of drug-likeness (QED) is 0.217. The van der Waals surface area contributed by atoms with Crippen LogP contribution < -0.4 is 16.4 Å². The molecule has 0 aliphatic heterocycles. The topological polar surface area (TPSA) is 117 Å². The van der Waals surface area contributed by atoms with Crippen molar-refractivity contribution in [3.05, 3.63) is 101 Å². The van der Waals surface area contributed by atoms with Crippen LogP contribution in [0.3, 0.4) is 0 Å². The first kappa shape index (κ1) is 30.8. The summed E-state index contributed by atoms with van der Waals surface area (Å²) in [5, 5.41) is 17.2. The van der Waals surface area contributed by atoms with E-state index in [9.17, 15) is 23.5 Å². The minimum atomic E-state index is -1.06. The van der Waals surface area contributed by atoms with Crippen LogP contribution in [0, 0.1) is 23.5 Å². The number of pyridine rings is 1. The van der Waals surface area contributed by atoms with Crippen molar-refractivity contribution in [3.63, 3.8) is 0 Å². The number of nitrogens with zero attached hydrogens (tertiary/aromatic N) is 1. The lowest BCUT2D eigenvalue weighted by molar-refractivity contribution is -0.126. The van der Waals surface area contributed by atoms with E-state index >= 15 is 0 Å². The third kappa shape index (κ3) is 10.1. The van der Waals surface area contributed by atoms with Crippen molar-refractivity contribution < 1.29 is 23.5 Å². The van der Waals surface area contributed by atoms with Gasteiger partial charge >= 0.3 is 0 Å². The summed E-state index contributed by atoms with van der Waals surface area (Å²) in [4.78, 5) is 29.3. The molecule has 2 amide bonds. The highest BCUT2D eigenvalue weighted by Gasteiger charge is 2.33. The van der Waals surface area contributed by atoms with Gasteiger partial charge in [-0.15, -0.1) is 0 Å². The number of halogens is 2. The summed E-state index contributed by atoms with van der Waals surface area (Å²) in [5.74, 6) is -4.11. The van der Waals surface area contributed by atoms with Crippen LogP contribution in [0.15, 0.2) is 66.9 Å². The first-order valence-corrected chi connectivity index (χ1v) is 13.6. The molecule has 1 aromatic heterocycles. The minimum absolute atomic E-state index is 0.00773. The van der Waals surface area contributed by atoms with Crippen LogP contribution in [0.4, 0.5) is 8.78 Å². The predicted octanol–water partition coefficient (Wildman–Crippen LogP) is 3.47. The second-order valence-electron chi connectivity index (χ2n) is 9.99. The molecule has 1 heterocycles. The molecule has 1 unspecified atom stereocenters. The summed E-state index contributed by atoms with van der Waals surface area (Å²) >= 11 is 0. The monoisotopic (exact) mass is 552 g/mol. The van der Waals surface area contributed by atoms with Crippen LogP contribution >= 0.6 is 0 Å². The molecule has 3 rings (SSSR count). The van der Waals surface area contributed by atoms with E-state index in [-0.39, 0.29) is 31.7 Å². The van der Waals surface area contributed by atoms with Gasteiger partial charge in [0.1, 0.15) is 11.6 Å². The first-order valence-electron chi connectivity index (χ1n) is 13.6. The molecular weight excluding hydrogens is 514 g/mol. The molecule has 214 valence electrons. The lowest BCUT2D eigenvalue weighted by Gasteiger charge is -2.30. The summed E-state index contributed by atoms with van der Waals surface area (Å²) in [5.41, 5.74) is 9.12. The Morgan fingerprint density at radius 1 is 1.00 bits per heavy atom. The zero-order chi connectivity index (χ0) is 28.9. The molecule has 40 heavy (non-hydrogen) atoms. The van der Waals surface area contributed by atoms with E-state index in [0.717, 1.165) is 23.7 Å². The second kappa shape index (κ2) is 15.8. The Morgan fingerprint density at radius 2 is 1.75 bits per heavy atom. The number of aliphatic hydroxyl groups excluding tert-OH is 1. The van der Waals surface area contributed by atoms with E-state index in [4.69, 9.17) is 5.73 Å². The van der Waals surface area contributed by atoms with Crippen molar-refractivity contribution in [1.29, 1.82) is 0 Å². The number of hydrogen-bond acceptors (Lipinski definition) is 5. The van der Waals surface area contributed by atoms with Crippen LogP contribution in [0.2, 0.25) is 0 Å². The molecule has 0 saturated carbocycles. The largest absolute Gasteiger partial charge is 0.391 e. The van der Waals surface area contributed by atoms with Gasteiger partial charge in [-0.25, -0.2) is 8.78 Å². The van der Waals surface area contributed by atoms with Crippen molar-refractivity contribution >= 4 is 11.8 Å². The normalized spacial score (nSPS) is 13.4. The molecule has 7 nitrogen and oxygen atoms in total. The van der Waals surface area contributed by atoms with Crippen LogP contribution in [0.25, 0.3) is 0 Å². The maximum absolute atomic E-state index is 13.9. The number of hydrogen-bond donors (Lipinski definition) is 4. The van der Waals surface area contributed by atoms with Crippen LogP contribution in [-0.4, -0.2) is 41.1 Å². The number of rotatable bonds is 16. The molecule has 9 heteroatoms. The van der Waals surface area contributed by atoms with Crippen LogP contribution in [0.1, 0.15) is 42.1 Å². The summed E-state index contributed by atoms with van der Waals surface area (Å²) in [6.45, 7) is 3.07. The third-order valence-corrected chi connectivity index (χ3v) is 6.96. The molecule has 0 fully saturated rings. The highest BCUT2D eigenvalue weighted by molar-refractivity contribution is 5.79. The molecule has 0 aliphatic carbocycles. The fraction of sp³-hybridized carbons (Fsp3) is 0.387. The van der Waals surface area contributed by atoms with Crippen LogP contribution in [0.5, 0.6) is 0 Å². The Kier molecular flexibility index (Phi) is 12.2. The summed E-state index contributed by atoms with van der Waals surface area (Å²) < 4.78 is 27.8. The van der Waals surface area contributed by atoms with Gasteiger partial charge in [-0.2, -0.15) is 0 Å². The summed E-state index contributed by atoms with van der Waals surface area (Å²) in [6.07, 6.45) is 2.19. The van der Waals surface area contributed by atoms with Crippen molar-refractivity contribution in [2.24, 2.45) is 17.6 Å². The van der Waals surface area contributed by atoms with E-state index in [1.165, 1.54) is 17.7 Å². The van der Waals surface area contributed by atoms with Gasteiger partial charge in [-0.3, -0.25) is 14.6 Å². The average molecular weight is 553 g/mol. The third-order valence-electron chi connectivity index (χ3n) is 6.96. The smallest absolute Gasteiger partial charge is 0.220 e. The number of aryl methyl sites for hydroxylation is 1. The molecule has 2 aromatic carbocycles. The predicted molar refractivity (Wildman–Crippen MR) is 150 cm³/mol. The molecule has 0 spiro atoms. The number of nitrogens with two attached hydrogens (primary N) is 1. The Balaban J connectivity index is 1.66. The molecular formula is C31H38F2N4O3. The highest BCUT2D eigenvalue weighted by Crippen LogP contribution is 2.26. The Morgan fingerprint density at radius 3 is 2.42 bits per heavy atom. The van der Waals surface area contributed by atoms with Crippen molar-refractivity contribution in [1.82, 2.24) is 15.6 Å². The molecule has 0 saturated heterocycles. The first-order chi connectivity index (χ1) is 19.2. The molecule has 3 aromatic rings. The van der Waals surface area contributed by atoms with Crippen molar-refractivity contribution in [2.75, 3.05) is 13.1 Å². The lowest BCUT2D eigenvalue weighted by Crippen LogP contribution is -2.43. The molecule has 0 aliphatic rings. The fourth-order valence-electron chi connectivity index (χ4n) is 4.84. The zero-order valence-electron chi connectivity index (χ0n) is 22.8. The zero-order valence-corrected chi connectivity index (χ0v) is 22.8. The van der Waals surface area contributed by atoms with Gasteiger partial charge in [0, 0.05) is 62.3 Å². The Hall–Kier alpha value is -3.69. The number of aliphatic hydroxyl groups is 1. The van der Waals surface area contributed by atoms with Gasteiger partial charge < -0.3 is 21.5 Å². The number of amides is 2. The van der Waals surface area contributed by atoms with E-state index in [0.29, 0.717) is 25.1 Å². The number of aromatic nitrogens is 1. The van der Waals surface area contributed by atoms with Crippen molar-refractivity contribution in [3.8, 4) is 0 Å². The number of primary amides is 1. The van der Waals surface area contributed by atoms with E-state index in [1.807, 2.05) is 36.4 Å². The number of carbonyl (C=O) groups excluding carboxylic acids is 2. The number of benzene rings is 2. The van der Waals surface area contributed by atoms with Gasteiger partial charge in [-0.05, 0) is 60.2 Å². The van der Waals surface area contributed by atoms with Gasteiger partial charge in [0.2, 0.25) is 11.8 Å².